The number of hydrogen-bond acceptors (Lipinski definition) is 4. The lowest BCUT2D eigenvalue weighted by Crippen LogP contribution is -2.55. The molecule has 1 fully saturated rings. The quantitative estimate of drug-likeness (QED) is 0.306. The fourth-order valence-corrected chi connectivity index (χ4v) is 6.35. The van der Waals surface area contributed by atoms with E-state index in [1.165, 1.54) is 6.42 Å². The molecule has 4 rings (SSSR count). The summed E-state index contributed by atoms with van der Waals surface area (Å²) in [6, 6.07) is 24.0. The van der Waals surface area contributed by atoms with Crippen LogP contribution in [-0.2, 0) is 39.0 Å². The van der Waals surface area contributed by atoms with E-state index in [4.69, 9.17) is 0 Å². The predicted molar refractivity (Wildman–Crippen MR) is 169 cm³/mol. The SMILES string of the molecule is CCc1ccc(N(CC(=O)N(Cc2ccc(C)cc2)[C@H](Cc2ccccc2)C(=O)NC2CCCCC2)S(C)(=O)=O)cc1. The van der Waals surface area contributed by atoms with Gasteiger partial charge in [-0.2, -0.15) is 0 Å². The average Bonchev–Trinajstić information content (AvgIpc) is 2.99. The number of rotatable bonds is 12. The number of nitrogens with zero attached hydrogens (tertiary/aromatic N) is 2. The standard InChI is InChI=1S/C34H43N3O4S/c1-4-27-19-21-31(22-20-27)37(42(3,40)41)25-33(38)36(24-29-17-15-26(2)16-18-29)32(23-28-11-7-5-8-12-28)34(39)35-30-13-9-6-10-14-30/h5,7-8,11-12,15-22,30,32H,4,6,9-10,13-14,23-25H2,1-3H3,(H,35,39)/t32-/m1/s1. The molecule has 3 aromatic rings. The molecule has 8 heteroatoms. The van der Waals surface area contributed by atoms with Gasteiger partial charge < -0.3 is 10.2 Å². The van der Waals surface area contributed by atoms with Gasteiger partial charge in [-0.05, 0) is 55.0 Å². The van der Waals surface area contributed by atoms with Gasteiger partial charge in [0.15, 0.2) is 0 Å². The maximum atomic E-state index is 14.2. The van der Waals surface area contributed by atoms with Crippen molar-refractivity contribution in [3.63, 3.8) is 0 Å². The molecule has 1 aliphatic rings. The van der Waals surface area contributed by atoms with Gasteiger partial charge in [0, 0.05) is 19.0 Å². The second-order valence-electron chi connectivity index (χ2n) is 11.3. The van der Waals surface area contributed by atoms with E-state index in [0.29, 0.717) is 12.1 Å². The van der Waals surface area contributed by atoms with E-state index in [1.807, 2.05) is 80.6 Å². The first-order valence-electron chi connectivity index (χ1n) is 14.9. The molecule has 0 saturated heterocycles. The Morgan fingerprint density at radius 1 is 0.857 bits per heavy atom. The summed E-state index contributed by atoms with van der Waals surface area (Å²) in [6.45, 7) is 3.80. The van der Waals surface area contributed by atoms with E-state index in [0.717, 1.165) is 64.9 Å². The van der Waals surface area contributed by atoms with Crippen molar-refractivity contribution in [2.75, 3.05) is 17.1 Å². The van der Waals surface area contributed by atoms with Gasteiger partial charge in [-0.3, -0.25) is 13.9 Å². The molecule has 1 N–H and O–H groups in total. The van der Waals surface area contributed by atoms with Crippen LogP contribution in [0.1, 0.15) is 61.3 Å². The van der Waals surface area contributed by atoms with Gasteiger partial charge in [0.2, 0.25) is 21.8 Å². The summed E-state index contributed by atoms with van der Waals surface area (Å²) >= 11 is 0. The molecule has 2 amide bonds. The second-order valence-corrected chi connectivity index (χ2v) is 13.3. The van der Waals surface area contributed by atoms with Crippen LogP contribution < -0.4 is 9.62 Å². The summed E-state index contributed by atoms with van der Waals surface area (Å²) in [5, 5.41) is 3.23. The third kappa shape index (κ3) is 8.68. The summed E-state index contributed by atoms with van der Waals surface area (Å²) in [4.78, 5) is 29.8. The highest BCUT2D eigenvalue weighted by Crippen LogP contribution is 2.23. The van der Waals surface area contributed by atoms with Crippen LogP contribution in [0.5, 0.6) is 0 Å². The maximum absolute atomic E-state index is 14.2. The molecule has 1 aliphatic carbocycles. The summed E-state index contributed by atoms with van der Waals surface area (Å²) in [5.74, 6) is -0.635. The molecule has 0 spiro atoms. The van der Waals surface area contributed by atoms with E-state index in [1.54, 1.807) is 17.0 Å². The van der Waals surface area contributed by atoms with E-state index in [2.05, 4.69) is 5.32 Å². The van der Waals surface area contributed by atoms with Gasteiger partial charge >= 0.3 is 0 Å². The normalized spacial score (nSPS) is 14.6. The topological polar surface area (TPSA) is 86.8 Å². The Labute approximate surface area is 251 Å². The van der Waals surface area contributed by atoms with Crippen LogP contribution in [0, 0.1) is 6.92 Å². The van der Waals surface area contributed by atoms with E-state index in [-0.39, 0.29) is 18.5 Å². The maximum Gasteiger partial charge on any atom is 0.244 e. The van der Waals surface area contributed by atoms with Crippen molar-refractivity contribution >= 4 is 27.5 Å². The Morgan fingerprint density at radius 2 is 1.48 bits per heavy atom. The molecule has 0 aliphatic heterocycles. The molecule has 0 radical (unpaired) electrons. The minimum absolute atomic E-state index is 0.0745. The largest absolute Gasteiger partial charge is 0.352 e. The van der Waals surface area contributed by atoms with Gasteiger partial charge in [-0.15, -0.1) is 0 Å². The summed E-state index contributed by atoms with van der Waals surface area (Å²) < 4.78 is 27.1. The lowest BCUT2D eigenvalue weighted by molar-refractivity contribution is -0.140. The second kappa shape index (κ2) is 14.5. The Bertz CT molecular complexity index is 1420. The van der Waals surface area contributed by atoms with Crippen LogP contribution in [-0.4, -0.2) is 50.0 Å². The zero-order chi connectivity index (χ0) is 30.1. The Hall–Kier alpha value is -3.65. The Balaban J connectivity index is 1.70. The molecule has 42 heavy (non-hydrogen) atoms. The zero-order valence-electron chi connectivity index (χ0n) is 25.0. The molecule has 0 bridgehead atoms. The fourth-order valence-electron chi connectivity index (χ4n) is 5.50. The van der Waals surface area contributed by atoms with Crippen molar-refractivity contribution in [1.82, 2.24) is 10.2 Å². The number of carbonyl (C=O) groups excluding carboxylic acids is 2. The highest BCUT2D eigenvalue weighted by Gasteiger charge is 2.34. The molecular weight excluding hydrogens is 546 g/mol. The summed E-state index contributed by atoms with van der Waals surface area (Å²) in [7, 11) is -3.79. The number of aryl methyl sites for hydroxylation is 2. The minimum atomic E-state index is -3.79. The van der Waals surface area contributed by atoms with Crippen LogP contribution in [0.4, 0.5) is 5.69 Å². The van der Waals surface area contributed by atoms with Crippen molar-refractivity contribution in [3.05, 3.63) is 101 Å². The third-order valence-electron chi connectivity index (χ3n) is 8.01. The van der Waals surface area contributed by atoms with Gasteiger partial charge in [0.25, 0.3) is 0 Å². The molecular formula is C34H43N3O4S. The number of carbonyl (C=O) groups is 2. The van der Waals surface area contributed by atoms with Gasteiger partial charge in [-0.1, -0.05) is 98.5 Å². The average molecular weight is 590 g/mol. The van der Waals surface area contributed by atoms with Crippen molar-refractivity contribution in [2.45, 2.75) is 77.4 Å². The zero-order valence-corrected chi connectivity index (χ0v) is 25.8. The van der Waals surface area contributed by atoms with E-state index in [9.17, 15) is 18.0 Å². The summed E-state index contributed by atoms with van der Waals surface area (Å²) in [5.41, 5.74) is 4.38. The van der Waals surface area contributed by atoms with Crippen LogP contribution >= 0.6 is 0 Å². The number of sulfonamides is 1. The van der Waals surface area contributed by atoms with Crippen LogP contribution in [0.2, 0.25) is 0 Å². The van der Waals surface area contributed by atoms with E-state index >= 15 is 0 Å². The molecule has 1 atom stereocenters. The number of nitrogens with one attached hydrogen (secondary N) is 1. The third-order valence-corrected chi connectivity index (χ3v) is 9.15. The molecule has 0 heterocycles. The lowest BCUT2D eigenvalue weighted by Gasteiger charge is -2.35. The highest BCUT2D eigenvalue weighted by molar-refractivity contribution is 7.92. The Kier molecular flexibility index (Phi) is 10.8. The number of amides is 2. The number of benzene rings is 3. The van der Waals surface area contributed by atoms with Crippen molar-refractivity contribution in [1.29, 1.82) is 0 Å². The van der Waals surface area contributed by atoms with Crippen molar-refractivity contribution in [3.8, 4) is 0 Å². The fraction of sp³-hybridized carbons (Fsp3) is 0.412. The first-order valence-corrected chi connectivity index (χ1v) is 16.7. The van der Waals surface area contributed by atoms with Gasteiger partial charge in [0.1, 0.15) is 12.6 Å². The minimum Gasteiger partial charge on any atom is -0.352 e. The molecule has 224 valence electrons. The van der Waals surface area contributed by atoms with Crippen LogP contribution in [0.3, 0.4) is 0 Å². The Morgan fingerprint density at radius 3 is 2.07 bits per heavy atom. The summed E-state index contributed by atoms with van der Waals surface area (Å²) in [6.07, 6.45) is 7.40. The smallest absolute Gasteiger partial charge is 0.244 e. The molecule has 1 saturated carbocycles. The van der Waals surface area contributed by atoms with Crippen molar-refractivity contribution < 1.29 is 18.0 Å². The first kappa shape index (κ1) is 31.3. The molecule has 7 nitrogen and oxygen atoms in total. The number of hydrogen-bond donors (Lipinski definition) is 1. The first-order chi connectivity index (χ1) is 20.1. The number of anilines is 1. The van der Waals surface area contributed by atoms with E-state index < -0.39 is 28.5 Å². The van der Waals surface area contributed by atoms with Crippen molar-refractivity contribution in [2.24, 2.45) is 0 Å². The van der Waals surface area contributed by atoms with Crippen LogP contribution in [0.25, 0.3) is 0 Å². The van der Waals surface area contributed by atoms with Gasteiger partial charge in [0.05, 0.1) is 11.9 Å². The van der Waals surface area contributed by atoms with Crippen LogP contribution in [0.15, 0.2) is 78.9 Å². The monoisotopic (exact) mass is 589 g/mol. The lowest BCUT2D eigenvalue weighted by atomic mass is 9.94. The predicted octanol–water partition coefficient (Wildman–Crippen LogP) is 5.41. The molecule has 3 aromatic carbocycles. The molecule has 0 aromatic heterocycles. The molecule has 0 unspecified atom stereocenters. The van der Waals surface area contributed by atoms with Gasteiger partial charge in [-0.25, -0.2) is 8.42 Å². The highest BCUT2D eigenvalue weighted by atomic mass is 32.2.